The molecule has 1 fully saturated rings. The van der Waals surface area contributed by atoms with E-state index in [-0.39, 0.29) is 63.1 Å². The third-order valence-corrected chi connectivity index (χ3v) is 11.9. The average molecular weight is 852 g/mol. The van der Waals surface area contributed by atoms with Crippen molar-refractivity contribution in [3.8, 4) is 34.8 Å². The Labute approximate surface area is 329 Å². The van der Waals surface area contributed by atoms with Gasteiger partial charge in [0.2, 0.25) is 6.79 Å². The minimum Gasteiger partial charge on any atom is -0.493 e. The van der Waals surface area contributed by atoms with Crippen molar-refractivity contribution in [2.24, 2.45) is 0 Å². The van der Waals surface area contributed by atoms with Crippen LogP contribution in [0.1, 0.15) is 70.3 Å². The number of ether oxygens (including phenoxy) is 7. The number of esters is 2. The molecule has 0 spiro atoms. The fourth-order valence-electron chi connectivity index (χ4n) is 8.88. The summed E-state index contributed by atoms with van der Waals surface area (Å²) in [7, 11) is 5.26. The molecule has 3 aromatic rings. The van der Waals surface area contributed by atoms with Gasteiger partial charge in [-0.15, -0.1) is 0 Å². The van der Waals surface area contributed by atoms with E-state index in [1.807, 2.05) is 44.2 Å². The number of hydrogen-bond acceptors (Lipinski definition) is 12. The highest BCUT2D eigenvalue weighted by Gasteiger charge is 2.57. The smallest absolute Gasteiger partial charge is 0.311 e. The van der Waals surface area contributed by atoms with Crippen molar-refractivity contribution >= 4 is 34.5 Å². The van der Waals surface area contributed by atoms with Crippen LogP contribution in [0.15, 0.2) is 36.4 Å². The van der Waals surface area contributed by atoms with E-state index in [4.69, 9.17) is 33.2 Å². The highest BCUT2D eigenvalue weighted by molar-refractivity contribution is 14.1. The summed E-state index contributed by atoms with van der Waals surface area (Å²) in [5.74, 6) is 1.99. The van der Waals surface area contributed by atoms with Crippen LogP contribution in [0.5, 0.6) is 28.7 Å². The molecule has 0 radical (unpaired) electrons. The number of aryl methyl sites for hydroxylation is 2. The van der Waals surface area contributed by atoms with Gasteiger partial charge in [0.05, 0.1) is 25.3 Å². The molecule has 4 heterocycles. The minimum atomic E-state index is -0.622. The van der Waals surface area contributed by atoms with E-state index < -0.39 is 12.1 Å². The van der Waals surface area contributed by atoms with Gasteiger partial charge in [0.15, 0.2) is 29.8 Å². The summed E-state index contributed by atoms with van der Waals surface area (Å²) in [6.45, 7) is 3.83. The molecule has 4 aliphatic rings. The first-order valence-corrected chi connectivity index (χ1v) is 19.9. The van der Waals surface area contributed by atoms with Crippen molar-refractivity contribution in [3.05, 3.63) is 75.3 Å². The van der Waals surface area contributed by atoms with Crippen molar-refractivity contribution in [1.29, 1.82) is 5.26 Å². The largest absolute Gasteiger partial charge is 0.493 e. The van der Waals surface area contributed by atoms with E-state index >= 15 is 0 Å². The average Bonchev–Trinajstić information content (AvgIpc) is 3.67. The molecule has 0 aromatic heterocycles. The predicted octanol–water partition coefficient (Wildman–Crippen LogP) is 6.09. The molecule has 54 heavy (non-hydrogen) atoms. The van der Waals surface area contributed by atoms with Gasteiger partial charge in [0, 0.05) is 58.7 Å². The maximum Gasteiger partial charge on any atom is 0.311 e. The number of halogens is 1. The Bertz CT molecular complexity index is 1950. The molecule has 0 saturated carbocycles. The normalized spacial score (nSPS) is 22.4. The predicted molar refractivity (Wildman–Crippen MR) is 206 cm³/mol. The van der Waals surface area contributed by atoms with Crippen LogP contribution in [-0.2, 0) is 38.3 Å². The van der Waals surface area contributed by atoms with E-state index in [1.165, 1.54) is 0 Å². The highest BCUT2D eigenvalue weighted by atomic mass is 127. The van der Waals surface area contributed by atoms with E-state index in [9.17, 15) is 14.9 Å². The van der Waals surface area contributed by atoms with Crippen LogP contribution in [-0.4, -0.2) is 85.8 Å². The lowest BCUT2D eigenvalue weighted by molar-refractivity contribution is -0.149. The number of hydrogen-bond donors (Lipinski definition) is 0. The Kier molecular flexibility index (Phi) is 11.5. The maximum absolute atomic E-state index is 13.5. The molecule has 13 heteroatoms. The Morgan fingerprint density at radius 3 is 2.48 bits per heavy atom. The molecule has 1 saturated heterocycles. The number of carbonyl (C=O) groups excluding carboxylic acids is 2. The number of piperazine rings is 1. The van der Waals surface area contributed by atoms with Crippen molar-refractivity contribution < 1.29 is 42.7 Å². The van der Waals surface area contributed by atoms with Gasteiger partial charge in [-0.3, -0.25) is 19.4 Å². The molecule has 5 atom stereocenters. The Morgan fingerprint density at radius 1 is 0.981 bits per heavy atom. The van der Waals surface area contributed by atoms with Gasteiger partial charge in [0.1, 0.15) is 18.4 Å². The lowest BCUT2D eigenvalue weighted by Crippen LogP contribution is -2.68. The van der Waals surface area contributed by atoms with Crippen molar-refractivity contribution in [1.82, 2.24) is 9.80 Å². The second-order valence-electron chi connectivity index (χ2n) is 14.2. The van der Waals surface area contributed by atoms with Gasteiger partial charge in [-0.1, -0.05) is 59.0 Å². The third kappa shape index (κ3) is 6.86. The lowest BCUT2D eigenvalue weighted by Gasteiger charge is -2.59. The van der Waals surface area contributed by atoms with E-state index in [2.05, 4.69) is 51.6 Å². The fourth-order valence-corrected chi connectivity index (χ4v) is 9.26. The number of methoxy groups -OCH3 is 2. The minimum absolute atomic E-state index is 0.00968. The summed E-state index contributed by atoms with van der Waals surface area (Å²) in [6, 6.07) is 12.6. The number of nitrogens with zero attached hydrogens (tertiary/aromatic N) is 3. The molecule has 0 amide bonds. The summed E-state index contributed by atoms with van der Waals surface area (Å²) in [4.78, 5) is 31.3. The number of carbonyl (C=O) groups is 2. The number of likely N-dealkylation sites (N-methyl/N-ethyl adjacent to an activating group) is 1. The van der Waals surface area contributed by atoms with Crippen LogP contribution in [0.3, 0.4) is 0 Å². The number of benzene rings is 3. The van der Waals surface area contributed by atoms with Gasteiger partial charge in [-0.05, 0) is 63.3 Å². The topological polar surface area (TPSA) is 129 Å². The van der Waals surface area contributed by atoms with Gasteiger partial charge in [-0.25, -0.2) is 0 Å². The fraction of sp³-hybridized carbons (Fsp3) is 0.488. The SMILES string of the molecule is COCOc1c(OC)c(C)cc2c1[C@H]1C3Cc4c(OC(=O)CCCI)c(C)c5c(c4[C@H](COC(=O)CCc4ccccc4)N3[C@@H](C#N)[C@@H](C2)N1C)OCO5. The van der Waals surface area contributed by atoms with Crippen LogP contribution >= 0.6 is 22.6 Å². The van der Waals surface area contributed by atoms with E-state index in [1.54, 1.807) is 14.2 Å². The zero-order chi connectivity index (χ0) is 38.1. The second-order valence-corrected chi connectivity index (χ2v) is 15.3. The first kappa shape index (κ1) is 38.2. The second kappa shape index (κ2) is 16.3. The summed E-state index contributed by atoms with van der Waals surface area (Å²) in [5, 5.41) is 11.0. The number of fused-ring (bicyclic) bond motifs is 9. The number of alkyl halides is 1. The van der Waals surface area contributed by atoms with Crippen LogP contribution < -0.4 is 23.7 Å². The van der Waals surface area contributed by atoms with Gasteiger partial charge < -0.3 is 33.2 Å². The van der Waals surface area contributed by atoms with Crippen LogP contribution in [0.25, 0.3) is 0 Å². The van der Waals surface area contributed by atoms with Gasteiger partial charge >= 0.3 is 11.9 Å². The Balaban J connectivity index is 1.38. The number of rotatable bonds is 13. The summed E-state index contributed by atoms with van der Waals surface area (Å²) in [5.41, 5.74) is 6.17. The Hall–Kier alpha value is -4.10. The first-order valence-electron chi connectivity index (χ1n) is 18.3. The van der Waals surface area contributed by atoms with E-state index in [0.29, 0.717) is 60.0 Å². The summed E-state index contributed by atoms with van der Waals surface area (Å²) in [6.07, 6.45) is 2.66. The van der Waals surface area contributed by atoms with Crippen LogP contribution in [0.4, 0.5) is 0 Å². The monoisotopic (exact) mass is 851 g/mol. The molecule has 0 N–H and O–H groups in total. The molecule has 4 aliphatic heterocycles. The van der Waals surface area contributed by atoms with Gasteiger partial charge in [0.25, 0.3) is 0 Å². The zero-order valence-electron chi connectivity index (χ0n) is 31.3. The van der Waals surface area contributed by atoms with Crippen LogP contribution in [0.2, 0.25) is 0 Å². The summed E-state index contributed by atoms with van der Waals surface area (Å²) < 4.78 is 43.1. The molecule has 0 aliphatic carbocycles. The molecule has 286 valence electrons. The first-order chi connectivity index (χ1) is 26.2. The third-order valence-electron chi connectivity index (χ3n) is 11.2. The quantitative estimate of drug-likeness (QED) is 0.0649. The molecule has 1 unspecified atom stereocenters. The van der Waals surface area contributed by atoms with Crippen molar-refractivity contribution in [3.63, 3.8) is 0 Å². The van der Waals surface area contributed by atoms with Gasteiger partial charge in [-0.2, -0.15) is 5.26 Å². The summed E-state index contributed by atoms with van der Waals surface area (Å²) >= 11 is 2.25. The lowest BCUT2D eigenvalue weighted by atomic mass is 9.71. The number of nitriles is 1. The molecule has 12 nitrogen and oxygen atoms in total. The van der Waals surface area contributed by atoms with Crippen molar-refractivity contribution in [2.75, 3.05) is 45.9 Å². The molecule has 3 aromatic carbocycles. The molecular formula is C41H46IN3O9. The maximum atomic E-state index is 13.5. The molecule has 7 rings (SSSR count). The standard InChI is InChI=1S/C41H46IN3O9/c1-23-16-26-17-28-30(19-43)45-29(36(44(28)3)34(26)40(37(23)49-5)51-21-48-4)18-27-35(31(45)20-50-32(46)14-13-25-10-7-6-8-11-25)41-39(52-22-53-41)24(2)38(27)54-33(47)12-9-15-42/h6-8,10-11,16,28-31,36H,9,12-15,17-18,20-22H2,1-5H3/t28-,29?,30+,31+,36-/m1/s1. The Morgan fingerprint density at radius 2 is 1.76 bits per heavy atom. The zero-order valence-corrected chi connectivity index (χ0v) is 33.5. The highest BCUT2D eigenvalue weighted by Crippen LogP contribution is 2.58. The van der Waals surface area contributed by atoms with Crippen molar-refractivity contribution in [2.45, 2.75) is 82.6 Å². The van der Waals surface area contributed by atoms with E-state index in [0.717, 1.165) is 37.8 Å². The molecule has 2 bridgehead atoms. The molecular weight excluding hydrogens is 805 g/mol. The van der Waals surface area contributed by atoms with Crippen LogP contribution in [0, 0.1) is 25.2 Å².